The van der Waals surface area contributed by atoms with Crippen LogP contribution in [0.15, 0.2) is 30.3 Å². The number of hydrogen-bond acceptors (Lipinski definition) is 4. The van der Waals surface area contributed by atoms with Gasteiger partial charge in [0, 0.05) is 0 Å². The number of imide groups is 1. The van der Waals surface area contributed by atoms with Gasteiger partial charge in [0.1, 0.15) is 18.6 Å². The summed E-state index contributed by atoms with van der Waals surface area (Å²) in [6, 6.07) is 9.25. The second-order valence-corrected chi connectivity index (χ2v) is 5.13. The molecule has 1 aliphatic rings. The number of carbonyl (C=O) groups excluding carboxylic acids is 3. The lowest BCUT2D eigenvalue weighted by atomic mass is 9.73. The molecule has 5 nitrogen and oxygen atoms in total. The minimum absolute atomic E-state index is 0.141. The fourth-order valence-electron chi connectivity index (χ4n) is 2.56. The first-order valence-corrected chi connectivity index (χ1v) is 7.11. The normalized spacial score (nSPS) is 16.6. The molecular weight excluding hydrogens is 270 g/mol. The molecule has 1 aromatic carbocycles. The number of rotatable bonds is 6. The van der Waals surface area contributed by atoms with Crippen molar-refractivity contribution in [2.24, 2.45) is 5.41 Å². The van der Waals surface area contributed by atoms with Crippen LogP contribution in [0.3, 0.4) is 0 Å². The van der Waals surface area contributed by atoms with Crippen LogP contribution in [0, 0.1) is 5.41 Å². The summed E-state index contributed by atoms with van der Waals surface area (Å²) < 4.78 is 5.08. The summed E-state index contributed by atoms with van der Waals surface area (Å²) in [5, 5.41) is 0. The van der Waals surface area contributed by atoms with E-state index in [0.717, 1.165) is 10.5 Å². The molecule has 0 radical (unpaired) electrons. The Kier molecular flexibility index (Phi) is 4.40. The van der Waals surface area contributed by atoms with Gasteiger partial charge >= 0.3 is 5.97 Å². The molecule has 0 unspecified atom stereocenters. The molecule has 0 aromatic heterocycles. The average Bonchev–Trinajstić information content (AvgIpc) is 2.53. The van der Waals surface area contributed by atoms with E-state index in [0.29, 0.717) is 12.8 Å². The van der Waals surface area contributed by atoms with E-state index in [2.05, 4.69) is 0 Å². The quantitative estimate of drug-likeness (QED) is 0.456. The van der Waals surface area contributed by atoms with Crippen molar-refractivity contribution in [3.8, 4) is 0 Å². The summed E-state index contributed by atoms with van der Waals surface area (Å²) in [5.74, 6) is -1.11. The first-order chi connectivity index (χ1) is 10.0. The highest BCUT2D eigenvalue weighted by atomic mass is 16.5. The van der Waals surface area contributed by atoms with Gasteiger partial charge in [-0.15, -0.1) is 0 Å². The largest absolute Gasteiger partial charge is 0.459 e. The Morgan fingerprint density at radius 1 is 1.10 bits per heavy atom. The van der Waals surface area contributed by atoms with Crippen LogP contribution in [-0.2, 0) is 25.7 Å². The molecule has 5 heteroatoms. The summed E-state index contributed by atoms with van der Waals surface area (Å²) in [7, 11) is 0. The van der Waals surface area contributed by atoms with E-state index >= 15 is 0 Å². The van der Waals surface area contributed by atoms with Crippen LogP contribution in [0.25, 0.3) is 0 Å². The van der Waals surface area contributed by atoms with Crippen molar-refractivity contribution in [3.63, 3.8) is 0 Å². The van der Waals surface area contributed by atoms with Crippen molar-refractivity contribution in [3.05, 3.63) is 35.9 Å². The predicted molar refractivity (Wildman–Crippen MR) is 76.0 cm³/mol. The molecule has 1 aromatic rings. The maximum absolute atomic E-state index is 12.1. The van der Waals surface area contributed by atoms with Crippen molar-refractivity contribution < 1.29 is 19.1 Å². The summed E-state index contributed by atoms with van der Waals surface area (Å²) in [5.41, 5.74) is -0.0525. The van der Waals surface area contributed by atoms with Crippen molar-refractivity contribution in [1.29, 1.82) is 0 Å². The van der Waals surface area contributed by atoms with Crippen molar-refractivity contribution in [1.82, 2.24) is 4.90 Å². The van der Waals surface area contributed by atoms with Crippen LogP contribution in [0.4, 0.5) is 0 Å². The third-order valence-corrected chi connectivity index (χ3v) is 4.05. The third-order valence-electron chi connectivity index (χ3n) is 4.05. The molecule has 0 aliphatic carbocycles. The Morgan fingerprint density at radius 2 is 1.67 bits per heavy atom. The van der Waals surface area contributed by atoms with Crippen LogP contribution in [0.1, 0.15) is 32.3 Å². The lowest BCUT2D eigenvalue weighted by Gasteiger charge is -2.44. The highest BCUT2D eigenvalue weighted by molar-refractivity contribution is 6.22. The van der Waals surface area contributed by atoms with Gasteiger partial charge in [-0.1, -0.05) is 44.2 Å². The number of benzene rings is 1. The monoisotopic (exact) mass is 289 g/mol. The van der Waals surface area contributed by atoms with E-state index in [9.17, 15) is 14.4 Å². The topological polar surface area (TPSA) is 63.7 Å². The minimum atomic E-state index is -0.917. The maximum Gasteiger partial charge on any atom is 0.326 e. The Labute approximate surface area is 123 Å². The highest BCUT2D eigenvalue weighted by Gasteiger charge is 2.58. The molecule has 0 N–H and O–H groups in total. The van der Waals surface area contributed by atoms with Gasteiger partial charge in [0.15, 0.2) is 0 Å². The first kappa shape index (κ1) is 15.2. The molecule has 1 saturated heterocycles. The van der Waals surface area contributed by atoms with Crippen LogP contribution in [-0.4, -0.2) is 29.2 Å². The molecule has 21 heavy (non-hydrogen) atoms. The third kappa shape index (κ3) is 2.68. The van der Waals surface area contributed by atoms with Crippen molar-refractivity contribution in [2.45, 2.75) is 33.3 Å². The smallest absolute Gasteiger partial charge is 0.326 e. The van der Waals surface area contributed by atoms with E-state index in [1.807, 2.05) is 44.2 Å². The summed E-state index contributed by atoms with van der Waals surface area (Å²) in [6.45, 7) is 3.46. The molecule has 1 aliphatic heterocycles. The SMILES string of the molecule is CCC1(CC)C(=O)N(CC(=O)OCc2ccccc2)C1=O. The predicted octanol–water partition coefficient (Wildman–Crippen LogP) is 1.91. The highest BCUT2D eigenvalue weighted by Crippen LogP contribution is 2.39. The molecule has 2 amide bonds. The molecule has 0 bridgehead atoms. The zero-order chi connectivity index (χ0) is 15.5. The van der Waals surface area contributed by atoms with E-state index in [-0.39, 0.29) is 25.0 Å². The van der Waals surface area contributed by atoms with Gasteiger partial charge in [0.25, 0.3) is 0 Å². The summed E-state index contributed by atoms with van der Waals surface area (Å²) in [4.78, 5) is 36.8. The Bertz CT molecular complexity index is 531. The molecule has 112 valence electrons. The number of hydrogen-bond donors (Lipinski definition) is 0. The van der Waals surface area contributed by atoms with Gasteiger partial charge in [-0.2, -0.15) is 0 Å². The molecule has 0 atom stereocenters. The van der Waals surface area contributed by atoms with E-state index in [4.69, 9.17) is 4.74 Å². The van der Waals surface area contributed by atoms with Crippen molar-refractivity contribution in [2.75, 3.05) is 6.54 Å². The zero-order valence-corrected chi connectivity index (χ0v) is 12.3. The second kappa shape index (κ2) is 6.08. The standard InChI is InChI=1S/C16H19NO4/c1-3-16(4-2)14(19)17(15(16)20)10-13(18)21-11-12-8-6-5-7-9-12/h5-9H,3-4,10-11H2,1-2H3. The van der Waals surface area contributed by atoms with Gasteiger partial charge in [-0.25, -0.2) is 0 Å². The van der Waals surface area contributed by atoms with E-state index in [1.54, 1.807) is 0 Å². The van der Waals surface area contributed by atoms with Crippen LogP contribution in [0.2, 0.25) is 0 Å². The summed E-state index contributed by atoms with van der Waals surface area (Å²) in [6.07, 6.45) is 0.938. The molecule has 1 heterocycles. The number of amides is 2. The average molecular weight is 289 g/mol. The van der Waals surface area contributed by atoms with E-state index < -0.39 is 11.4 Å². The fraction of sp³-hybridized carbons (Fsp3) is 0.438. The molecule has 0 spiro atoms. The number of nitrogens with zero attached hydrogens (tertiary/aromatic N) is 1. The molecule has 2 rings (SSSR count). The number of likely N-dealkylation sites (tertiary alicyclic amines) is 1. The molecule has 1 fully saturated rings. The van der Waals surface area contributed by atoms with Gasteiger partial charge in [0.2, 0.25) is 11.8 Å². The Morgan fingerprint density at radius 3 is 2.19 bits per heavy atom. The van der Waals surface area contributed by atoms with Gasteiger partial charge in [-0.05, 0) is 18.4 Å². The fourth-order valence-corrected chi connectivity index (χ4v) is 2.56. The lowest BCUT2D eigenvalue weighted by Crippen LogP contribution is -2.66. The number of ether oxygens (including phenoxy) is 1. The van der Waals surface area contributed by atoms with Gasteiger partial charge < -0.3 is 4.74 Å². The lowest BCUT2D eigenvalue weighted by molar-refractivity contribution is -0.181. The summed E-state index contributed by atoms with van der Waals surface area (Å²) >= 11 is 0. The van der Waals surface area contributed by atoms with Crippen LogP contribution >= 0.6 is 0 Å². The van der Waals surface area contributed by atoms with E-state index in [1.165, 1.54) is 0 Å². The first-order valence-electron chi connectivity index (χ1n) is 7.11. The van der Waals surface area contributed by atoms with Gasteiger partial charge in [0.05, 0.1) is 0 Å². The van der Waals surface area contributed by atoms with Crippen LogP contribution < -0.4 is 0 Å². The zero-order valence-electron chi connectivity index (χ0n) is 12.3. The minimum Gasteiger partial charge on any atom is -0.459 e. The number of carbonyl (C=O) groups is 3. The second-order valence-electron chi connectivity index (χ2n) is 5.13. The number of β-lactam (4-membered cyclic amide) rings is 2. The molecule has 0 saturated carbocycles. The molecular formula is C16H19NO4. The van der Waals surface area contributed by atoms with Gasteiger partial charge in [-0.3, -0.25) is 19.3 Å². The maximum atomic E-state index is 12.1. The number of esters is 1. The Hall–Kier alpha value is -2.17. The van der Waals surface area contributed by atoms with Crippen LogP contribution in [0.5, 0.6) is 0 Å². The Balaban J connectivity index is 1.87. The van der Waals surface area contributed by atoms with Crippen molar-refractivity contribution >= 4 is 17.8 Å².